The Labute approximate surface area is 155 Å². The van der Waals surface area contributed by atoms with E-state index >= 15 is 0 Å². The lowest BCUT2D eigenvalue weighted by molar-refractivity contribution is -0.121. The van der Waals surface area contributed by atoms with Crippen LogP contribution in [0.25, 0.3) is 10.2 Å². The van der Waals surface area contributed by atoms with Crippen LogP contribution in [0.5, 0.6) is 0 Å². The van der Waals surface area contributed by atoms with Crippen molar-refractivity contribution in [2.75, 3.05) is 0 Å². The highest BCUT2D eigenvalue weighted by atomic mass is 32.1. The van der Waals surface area contributed by atoms with Crippen molar-refractivity contribution in [3.8, 4) is 0 Å². The first kappa shape index (κ1) is 17.0. The van der Waals surface area contributed by atoms with Crippen molar-refractivity contribution >= 4 is 27.5 Å². The van der Waals surface area contributed by atoms with Gasteiger partial charge >= 0.3 is 0 Å². The number of aromatic nitrogens is 2. The lowest BCUT2D eigenvalue weighted by Gasteiger charge is -2.14. The minimum atomic E-state index is -0.0672. The Balaban J connectivity index is 1.43. The summed E-state index contributed by atoms with van der Waals surface area (Å²) in [5, 5.41) is 3.75. The number of hydrogen-bond donors (Lipinski definition) is 2. The Hall–Kier alpha value is -2.47. The molecule has 1 aliphatic carbocycles. The summed E-state index contributed by atoms with van der Waals surface area (Å²) in [6, 6.07) is 9.82. The summed E-state index contributed by atoms with van der Waals surface area (Å²) in [4.78, 5) is 34.2. The van der Waals surface area contributed by atoms with Crippen molar-refractivity contribution in [1.82, 2.24) is 15.3 Å². The number of nitrogens with zero attached hydrogens (tertiary/aromatic N) is 1. The molecule has 0 spiro atoms. The van der Waals surface area contributed by atoms with E-state index in [-0.39, 0.29) is 17.5 Å². The summed E-state index contributed by atoms with van der Waals surface area (Å²) in [6.07, 6.45) is 3.88. The number of amides is 1. The Bertz CT molecular complexity index is 1010. The molecule has 5 nitrogen and oxygen atoms in total. The minimum absolute atomic E-state index is 0.0431. The largest absolute Gasteiger partial charge is 0.350 e. The molecule has 1 amide bonds. The monoisotopic (exact) mass is 367 g/mol. The van der Waals surface area contributed by atoms with Crippen molar-refractivity contribution < 1.29 is 4.79 Å². The van der Waals surface area contributed by atoms with Gasteiger partial charge in [-0.3, -0.25) is 9.59 Å². The van der Waals surface area contributed by atoms with Gasteiger partial charge in [-0.1, -0.05) is 30.3 Å². The molecule has 3 aromatic rings. The number of thiophene rings is 1. The first-order valence-electron chi connectivity index (χ1n) is 8.99. The number of benzene rings is 1. The molecule has 26 heavy (non-hydrogen) atoms. The molecule has 6 heteroatoms. The standard InChI is InChI=1S/C20H21N3O2S/c1-12(13-6-3-2-4-7-13)21-17(24)11-10-16-22-19(25)18-14-8-5-9-15(14)26-20(18)23-16/h2-4,6-7,12H,5,8-11H2,1H3,(H,21,24)(H,22,23,25)/t12-/m1/s1. The topological polar surface area (TPSA) is 74.8 Å². The summed E-state index contributed by atoms with van der Waals surface area (Å²) in [5.74, 6) is 0.544. The van der Waals surface area contributed by atoms with Gasteiger partial charge in [0.2, 0.25) is 5.91 Å². The smallest absolute Gasteiger partial charge is 0.259 e. The fourth-order valence-electron chi connectivity index (χ4n) is 3.54. The Kier molecular flexibility index (Phi) is 4.59. The lowest BCUT2D eigenvalue weighted by atomic mass is 10.1. The maximum Gasteiger partial charge on any atom is 0.259 e. The van der Waals surface area contributed by atoms with Crippen molar-refractivity contribution in [1.29, 1.82) is 0 Å². The van der Waals surface area contributed by atoms with E-state index in [1.165, 1.54) is 10.4 Å². The quantitative estimate of drug-likeness (QED) is 0.727. The normalized spacial score (nSPS) is 14.3. The van der Waals surface area contributed by atoms with Crippen LogP contribution in [0, 0.1) is 0 Å². The fraction of sp³-hybridized carbons (Fsp3) is 0.350. The van der Waals surface area contributed by atoms with E-state index < -0.39 is 0 Å². The average Bonchev–Trinajstić information content (AvgIpc) is 3.21. The van der Waals surface area contributed by atoms with Gasteiger partial charge in [0.05, 0.1) is 11.4 Å². The van der Waals surface area contributed by atoms with E-state index in [9.17, 15) is 9.59 Å². The van der Waals surface area contributed by atoms with Gasteiger partial charge in [0, 0.05) is 17.7 Å². The summed E-state index contributed by atoms with van der Waals surface area (Å²) in [7, 11) is 0. The van der Waals surface area contributed by atoms with Crippen molar-refractivity contribution in [3.63, 3.8) is 0 Å². The molecule has 1 atom stereocenters. The first-order valence-corrected chi connectivity index (χ1v) is 9.81. The van der Waals surface area contributed by atoms with Gasteiger partial charge in [-0.25, -0.2) is 4.98 Å². The molecule has 0 unspecified atom stereocenters. The Morgan fingerprint density at radius 2 is 2.12 bits per heavy atom. The molecule has 0 aliphatic heterocycles. The SMILES string of the molecule is C[C@@H](NC(=O)CCc1nc2sc3c(c2c(=O)[nH]1)CCC3)c1ccccc1. The fourth-order valence-corrected chi connectivity index (χ4v) is 4.82. The van der Waals surface area contributed by atoms with Crippen LogP contribution in [0.1, 0.15) is 47.6 Å². The second-order valence-corrected chi connectivity index (χ2v) is 7.83. The average molecular weight is 367 g/mol. The zero-order valence-electron chi connectivity index (χ0n) is 14.7. The molecule has 0 bridgehead atoms. The molecule has 0 fully saturated rings. The zero-order chi connectivity index (χ0) is 18.1. The first-order chi connectivity index (χ1) is 12.6. The Morgan fingerprint density at radius 3 is 2.92 bits per heavy atom. The van der Waals surface area contributed by atoms with Crippen LogP contribution >= 0.6 is 11.3 Å². The summed E-state index contributed by atoms with van der Waals surface area (Å²) in [5.41, 5.74) is 2.18. The molecular weight excluding hydrogens is 346 g/mol. The van der Waals surface area contributed by atoms with E-state index in [4.69, 9.17) is 0 Å². The summed E-state index contributed by atoms with van der Waals surface area (Å²) < 4.78 is 0. The van der Waals surface area contributed by atoms with Crippen LogP contribution < -0.4 is 10.9 Å². The van der Waals surface area contributed by atoms with Gasteiger partial charge in [0.25, 0.3) is 5.56 Å². The molecule has 2 heterocycles. The van der Waals surface area contributed by atoms with Crippen LogP contribution in [0.4, 0.5) is 0 Å². The molecule has 4 rings (SSSR count). The third-order valence-corrected chi connectivity index (χ3v) is 6.08. The predicted molar refractivity (Wildman–Crippen MR) is 104 cm³/mol. The molecule has 1 aliphatic rings. The number of carbonyl (C=O) groups is 1. The second kappa shape index (κ2) is 7.03. The molecule has 0 radical (unpaired) electrons. The van der Waals surface area contributed by atoms with Crippen molar-refractivity contribution in [3.05, 3.63) is 62.5 Å². The maximum absolute atomic E-state index is 12.4. The summed E-state index contributed by atoms with van der Waals surface area (Å²) in [6.45, 7) is 1.96. The van der Waals surface area contributed by atoms with E-state index in [2.05, 4.69) is 15.3 Å². The molecule has 2 N–H and O–H groups in total. The maximum atomic E-state index is 12.4. The Morgan fingerprint density at radius 1 is 1.31 bits per heavy atom. The predicted octanol–water partition coefficient (Wildman–Crippen LogP) is 3.28. The van der Waals surface area contributed by atoms with E-state index in [0.29, 0.717) is 18.7 Å². The highest BCUT2D eigenvalue weighted by Gasteiger charge is 2.21. The molecule has 134 valence electrons. The molecule has 0 saturated carbocycles. The molecular formula is C20H21N3O2S. The zero-order valence-corrected chi connectivity index (χ0v) is 15.5. The van der Waals surface area contributed by atoms with Crippen molar-refractivity contribution in [2.24, 2.45) is 0 Å². The number of aromatic amines is 1. The van der Waals surface area contributed by atoms with Gasteiger partial charge in [-0.15, -0.1) is 11.3 Å². The second-order valence-electron chi connectivity index (χ2n) is 6.75. The van der Waals surface area contributed by atoms with E-state index in [0.717, 1.165) is 35.0 Å². The van der Waals surface area contributed by atoms with Crippen LogP contribution in [0.15, 0.2) is 35.1 Å². The number of rotatable bonds is 5. The van der Waals surface area contributed by atoms with Crippen molar-refractivity contribution in [2.45, 2.75) is 45.1 Å². The third kappa shape index (κ3) is 3.29. The number of fused-ring (bicyclic) bond motifs is 3. The highest BCUT2D eigenvalue weighted by molar-refractivity contribution is 7.18. The highest BCUT2D eigenvalue weighted by Crippen LogP contribution is 2.34. The molecule has 2 aromatic heterocycles. The molecule has 0 saturated heterocycles. The van der Waals surface area contributed by atoms with Crippen LogP contribution in [0.3, 0.4) is 0 Å². The van der Waals surface area contributed by atoms with Crippen LogP contribution in [-0.2, 0) is 24.1 Å². The van der Waals surface area contributed by atoms with E-state index in [1.54, 1.807) is 11.3 Å². The minimum Gasteiger partial charge on any atom is -0.350 e. The van der Waals surface area contributed by atoms with E-state index in [1.807, 2.05) is 37.3 Å². The van der Waals surface area contributed by atoms with Gasteiger partial charge in [0.1, 0.15) is 10.7 Å². The number of nitrogens with one attached hydrogen (secondary N) is 2. The van der Waals surface area contributed by atoms with Gasteiger partial charge in [-0.2, -0.15) is 0 Å². The number of carbonyl (C=O) groups excluding carboxylic acids is 1. The lowest BCUT2D eigenvalue weighted by Crippen LogP contribution is -2.27. The summed E-state index contributed by atoms with van der Waals surface area (Å²) >= 11 is 1.63. The van der Waals surface area contributed by atoms with Gasteiger partial charge < -0.3 is 10.3 Å². The number of H-pyrrole nitrogens is 1. The van der Waals surface area contributed by atoms with Crippen LogP contribution in [-0.4, -0.2) is 15.9 Å². The number of aryl methyl sites for hydroxylation is 3. The number of hydrogen-bond acceptors (Lipinski definition) is 4. The van der Waals surface area contributed by atoms with Gasteiger partial charge in [0.15, 0.2) is 0 Å². The third-order valence-electron chi connectivity index (χ3n) is 4.89. The van der Waals surface area contributed by atoms with Crippen LogP contribution in [0.2, 0.25) is 0 Å². The molecule has 1 aromatic carbocycles. The van der Waals surface area contributed by atoms with Gasteiger partial charge in [-0.05, 0) is 37.3 Å².